The van der Waals surface area contributed by atoms with Crippen molar-refractivity contribution in [1.29, 1.82) is 0 Å². The fraction of sp³-hybridized carbons (Fsp3) is 0.652. The van der Waals surface area contributed by atoms with Crippen molar-refractivity contribution >= 4 is 29.4 Å². The zero-order chi connectivity index (χ0) is 23.8. The number of carbonyl (C=O) groups is 2. The van der Waals surface area contributed by atoms with Crippen LogP contribution in [0.5, 0.6) is 0 Å². The fourth-order valence-electron chi connectivity index (χ4n) is 3.22. The van der Waals surface area contributed by atoms with Crippen LogP contribution in [0.15, 0.2) is 18.2 Å². The minimum atomic E-state index is -0.727. The highest BCUT2D eigenvalue weighted by molar-refractivity contribution is 6.17. The molecular weight excluding hydrogens is 420 g/mol. The molecule has 31 heavy (non-hydrogen) atoms. The van der Waals surface area contributed by atoms with Crippen molar-refractivity contribution in [1.82, 2.24) is 5.32 Å². The van der Waals surface area contributed by atoms with Crippen LogP contribution in [0.4, 0.5) is 10.5 Å². The second-order valence-corrected chi connectivity index (χ2v) is 9.96. The number of halogens is 1. The van der Waals surface area contributed by atoms with E-state index in [2.05, 4.69) is 5.32 Å². The molecule has 8 heteroatoms. The van der Waals surface area contributed by atoms with Gasteiger partial charge in [0.25, 0.3) is 0 Å². The Morgan fingerprint density at radius 1 is 1.23 bits per heavy atom. The average molecular weight is 458 g/mol. The molecule has 0 aromatic heterocycles. The van der Waals surface area contributed by atoms with E-state index in [9.17, 15) is 14.8 Å². The standard InChI is InChI=1S/C23H37ClN2O5/c1-16(2)14-30-20(27)13-23(7,15-25-21(28)31-22(4,5)6)19-9-8-18(12-17(19)3)26(29)11-10-24/h8-9,12,16,29H,10-11,13-15H2,1-7H3,(H,25,28)/p+1. The van der Waals surface area contributed by atoms with Gasteiger partial charge in [0.2, 0.25) is 0 Å². The van der Waals surface area contributed by atoms with Crippen LogP contribution >= 0.6 is 11.6 Å². The van der Waals surface area contributed by atoms with E-state index in [0.717, 1.165) is 11.1 Å². The van der Waals surface area contributed by atoms with E-state index in [4.69, 9.17) is 21.1 Å². The molecule has 0 aliphatic carbocycles. The summed E-state index contributed by atoms with van der Waals surface area (Å²) < 4.78 is 10.7. The van der Waals surface area contributed by atoms with Gasteiger partial charge < -0.3 is 14.8 Å². The normalized spacial score (nSPS) is 14.6. The van der Waals surface area contributed by atoms with E-state index in [1.807, 2.05) is 39.8 Å². The van der Waals surface area contributed by atoms with Gasteiger partial charge in [0.15, 0.2) is 5.69 Å². The first-order valence-corrected chi connectivity index (χ1v) is 11.2. The van der Waals surface area contributed by atoms with E-state index in [1.54, 1.807) is 26.8 Å². The van der Waals surface area contributed by atoms with Gasteiger partial charge in [-0.05, 0) is 44.7 Å². The number of rotatable bonds is 10. The third-order valence-electron chi connectivity index (χ3n) is 4.68. The molecule has 2 unspecified atom stereocenters. The molecule has 0 spiro atoms. The van der Waals surface area contributed by atoms with E-state index >= 15 is 0 Å². The zero-order valence-electron chi connectivity index (χ0n) is 19.8. The van der Waals surface area contributed by atoms with Crippen LogP contribution in [0.1, 0.15) is 59.1 Å². The molecule has 0 heterocycles. The lowest BCUT2D eigenvalue weighted by Crippen LogP contribution is -3.05. The van der Waals surface area contributed by atoms with Gasteiger partial charge in [-0.1, -0.05) is 26.8 Å². The predicted octanol–water partition coefficient (Wildman–Crippen LogP) is 3.51. The Bertz CT molecular complexity index is 748. The van der Waals surface area contributed by atoms with Gasteiger partial charge in [-0.2, -0.15) is 5.06 Å². The molecule has 0 radical (unpaired) electrons. The summed E-state index contributed by atoms with van der Waals surface area (Å²) in [6.07, 6.45) is -0.454. The van der Waals surface area contributed by atoms with Crippen molar-refractivity contribution in [2.45, 2.75) is 65.9 Å². The summed E-state index contributed by atoms with van der Waals surface area (Å²) in [7, 11) is 0. The highest BCUT2D eigenvalue weighted by atomic mass is 35.5. The number of alkyl halides is 1. The SMILES string of the molecule is Cc1cc([NH+](O)CCCl)ccc1C(C)(CNC(=O)OC(C)(C)C)CC(=O)OCC(C)C. The molecule has 7 nitrogen and oxygen atoms in total. The summed E-state index contributed by atoms with van der Waals surface area (Å²) in [5.41, 5.74) is 1.11. The second kappa shape index (κ2) is 11.7. The Kier molecular flexibility index (Phi) is 10.3. The number of hydroxylamine groups is 1. The minimum absolute atomic E-state index is 0.0904. The number of carbonyl (C=O) groups excluding carboxylic acids is 2. The number of aryl methyl sites for hydroxylation is 1. The summed E-state index contributed by atoms with van der Waals surface area (Å²) in [5.74, 6) is 0.227. The van der Waals surface area contributed by atoms with Crippen LogP contribution in [0.3, 0.4) is 0 Å². The number of hydrogen-bond donors (Lipinski definition) is 3. The summed E-state index contributed by atoms with van der Waals surface area (Å²) >= 11 is 5.73. The number of benzene rings is 1. The van der Waals surface area contributed by atoms with Crippen LogP contribution < -0.4 is 10.4 Å². The van der Waals surface area contributed by atoms with Crippen molar-refractivity contribution in [3.8, 4) is 0 Å². The van der Waals surface area contributed by atoms with Crippen molar-refractivity contribution in [3.05, 3.63) is 29.3 Å². The molecule has 176 valence electrons. The summed E-state index contributed by atoms with van der Waals surface area (Å²) in [6.45, 7) is 14.1. The number of esters is 1. The third-order valence-corrected chi connectivity index (χ3v) is 4.86. The lowest BCUT2D eigenvalue weighted by molar-refractivity contribution is -1.03. The molecular formula is C23H38ClN2O5+. The van der Waals surface area contributed by atoms with Crippen molar-refractivity contribution < 1.29 is 29.3 Å². The van der Waals surface area contributed by atoms with Gasteiger partial charge in [-0.3, -0.25) is 4.79 Å². The molecule has 0 aliphatic heterocycles. The summed E-state index contributed by atoms with van der Waals surface area (Å²) in [5, 5.41) is 13.2. The molecule has 3 N–H and O–H groups in total. The monoisotopic (exact) mass is 457 g/mol. The number of nitrogens with one attached hydrogen (secondary N) is 2. The van der Waals surface area contributed by atoms with Crippen LogP contribution in [0.25, 0.3) is 0 Å². The van der Waals surface area contributed by atoms with Gasteiger partial charge in [0.05, 0.1) is 18.9 Å². The van der Waals surface area contributed by atoms with Crippen LogP contribution in [0, 0.1) is 12.8 Å². The number of alkyl carbamates (subject to hydrolysis) is 1. The summed E-state index contributed by atoms with van der Waals surface area (Å²) in [4.78, 5) is 24.8. The molecule has 0 fully saturated rings. The van der Waals surface area contributed by atoms with E-state index in [-0.39, 0.29) is 29.9 Å². The average Bonchev–Trinajstić information content (AvgIpc) is 2.63. The van der Waals surface area contributed by atoms with Crippen molar-refractivity contribution in [2.75, 3.05) is 25.6 Å². The highest BCUT2D eigenvalue weighted by Gasteiger charge is 2.34. The van der Waals surface area contributed by atoms with Gasteiger partial charge in [-0.25, -0.2) is 10.0 Å². The lowest BCUT2D eigenvalue weighted by atomic mass is 9.77. The number of hydrogen-bond acceptors (Lipinski definition) is 5. The number of quaternary nitrogens is 1. The topological polar surface area (TPSA) is 89.3 Å². The zero-order valence-corrected chi connectivity index (χ0v) is 20.6. The fourth-order valence-corrected chi connectivity index (χ4v) is 3.40. The van der Waals surface area contributed by atoms with Gasteiger partial charge >= 0.3 is 12.1 Å². The van der Waals surface area contributed by atoms with Gasteiger partial charge in [0, 0.05) is 24.1 Å². The third kappa shape index (κ3) is 9.46. The largest absolute Gasteiger partial charge is 0.465 e. The van der Waals surface area contributed by atoms with Crippen LogP contribution in [-0.4, -0.2) is 48.4 Å². The Labute approximate surface area is 191 Å². The first kappa shape index (κ1) is 27.2. The Balaban J connectivity index is 3.14. The molecule has 1 aromatic carbocycles. The molecule has 2 atom stereocenters. The summed E-state index contributed by atoms with van der Waals surface area (Å²) in [6, 6.07) is 5.54. The molecule has 0 saturated carbocycles. The number of amides is 1. The van der Waals surface area contributed by atoms with Crippen LogP contribution in [-0.2, 0) is 19.7 Å². The minimum Gasteiger partial charge on any atom is -0.465 e. The maximum absolute atomic E-state index is 12.6. The van der Waals surface area contributed by atoms with Gasteiger partial charge in [-0.15, -0.1) is 11.6 Å². The molecule has 0 aliphatic rings. The van der Waals surface area contributed by atoms with Crippen molar-refractivity contribution in [2.24, 2.45) is 5.92 Å². The smallest absolute Gasteiger partial charge is 0.407 e. The maximum Gasteiger partial charge on any atom is 0.407 e. The maximum atomic E-state index is 12.6. The highest BCUT2D eigenvalue weighted by Crippen LogP contribution is 2.31. The first-order valence-electron chi connectivity index (χ1n) is 10.6. The Morgan fingerprint density at radius 3 is 2.39 bits per heavy atom. The Morgan fingerprint density at radius 2 is 1.87 bits per heavy atom. The molecule has 1 amide bonds. The lowest BCUT2D eigenvalue weighted by Gasteiger charge is -2.32. The first-order chi connectivity index (χ1) is 14.3. The van der Waals surface area contributed by atoms with E-state index < -0.39 is 17.1 Å². The molecule has 1 aromatic rings. The van der Waals surface area contributed by atoms with E-state index in [0.29, 0.717) is 24.7 Å². The molecule has 0 saturated heterocycles. The quantitative estimate of drug-likeness (QED) is 0.284. The van der Waals surface area contributed by atoms with E-state index in [1.165, 1.54) is 0 Å². The predicted molar refractivity (Wildman–Crippen MR) is 121 cm³/mol. The van der Waals surface area contributed by atoms with Crippen LogP contribution in [0.2, 0.25) is 0 Å². The van der Waals surface area contributed by atoms with Crippen molar-refractivity contribution in [3.63, 3.8) is 0 Å². The molecule has 0 bridgehead atoms. The number of ether oxygens (including phenoxy) is 2. The Hall–Kier alpha value is -1.83. The van der Waals surface area contributed by atoms with Gasteiger partial charge in [0.1, 0.15) is 12.1 Å². The second-order valence-electron chi connectivity index (χ2n) is 9.59. The molecule has 1 rings (SSSR count).